The molecule has 2 heterocycles. The number of aromatic nitrogens is 2. The molecule has 1 aromatic heterocycles. The molecule has 0 aliphatic carbocycles. The predicted octanol–water partition coefficient (Wildman–Crippen LogP) is 3.36. The highest BCUT2D eigenvalue weighted by molar-refractivity contribution is 5.76. The van der Waals surface area contributed by atoms with Gasteiger partial charge in [-0.3, -0.25) is 4.90 Å². The summed E-state index contributed by atoms with van der Waals surface area (Å²) in [5.41, 5.74) is 8.59. The maximum Gasteiger partial charge on any atom is 0.115 e. The molecular formula is C19H30N4. The lowest BCUT2D eigenvalue weighted by atomic mass is 9.89. The fourth-order valence-corrected chi connectivity index (χ4v) is 4.18. The lowest BCUT2D eigenvalue weighted by Crippen LogP contribution is -2.46. The number of piperidine rings is 1. The van der Waals surface area contributed by atoms with Crippen molar-refractivity contribution in [1.82, 2.24) is 14.5 Å². The van der Waals surface area contributed by atoms with E-state index in [0.717, 1.165) is 12.1 Å². The van der Waals surface area contributed by atoms with E-state index in [1.54, 1.807) is 0 Å². The van der Waals surface area contributed by atoms with Crippen molar-refractivity contribution in [3.63, 3.8) is 0 Å². The normalized spacial score (nSPS) is 20.9. The molecular weight excluding hydrogens is 284 g/mol. The summed E-state index contributed by atoms with van der Waals surface area (Å²) in [6.07, 6.45) is 5.08. The third kappa shape index (κ3) is 3.15. The zero-order chi connectivity index (χ0) is 16.2. The Kier molecular flexibility index (Phi) is 5.34. The van der Waals surface area contributed by atoms with Gasteiger partial charge >= 0.3 is 0 Å². The second-order valence-corrected chi connectivity index (χ2v) is 6.64. The number of nitrogens with zero attached hydrogens (tertiary/aromatic N) is 3. The van der Waals surface area contributed by atoms with Gasteiger partial charge in [-0.25, -0.2) is 4.98 Å². The van der Waals surface area contributed by atoms with Crippen LogP contribution in [-0.2, 0) is 6.54 Å². The van der Waals surface area contributed by atoms with Crippen LogP contribution in [0.3, 0.4) is 0 Å². The number of benzene rings is 1. The van der Waals surface area contributed by atoms with Crippen molar-refractivity contribution < 1.29 is 0 Å². The summed E-state index contributed by atoms with van der Waals surface area (Å²) in [4.78, 5) is 7.63. The highest BCUT2D eigenvalue weighted by Crippen LogP contribution is 2.31. The van der Waals surface area contributed by atoms with Gasteiger partial charge < -0.3 is 10.3 Å². The second-order valence-electron chi connectivity index (χ2n) is 6.64. The molecule has 0 radical (unpaired) electrons. The van der Waals surface area contributed by atoms with Crippen LogP contribution in [0, 0.1) is 0 Å². The fourth-order valence-electron chi connectivity index (χ4n) is 4.18. The number of nitrogens with two attached hydrogens (primary N) is 1. The van der Waals surface area contributed by atoms with Crippen molar-refractivity contribution in [1.29, 1.82) is 0 Å². The zero-order valence-corrected chi connectivity index (χ0v) is 14.5. The zero-order valence-electron chi connectivity index (χ0n) is 14.5. The number of hydrogen-bond acceptors (Lipinski definition) is 3. The van der Waals surface area contributed by atoms with Gasteiger partial charge in [0.2, 0.25) is 0 Å². The summed E-state index contributed by atoms with van der Waals surface area (Å²) in [7, 11) is 0. The Hall–Kier alpha value is -1.39. The Balaban J connectivity index is 1.99. The first-order valence-corrected chi connectivity index (χ1v) is 9.19. The Morgan fingerprint density at radius 3 is 2.83 bits per heavy atom. The van der Waals surface area contributed by atoms with E-state index in [0.29, 0.717) is 18.5 Å². The third-order valence-corrected chi connectivity index (χ3v) is 5.23. The Bertz CT molecular complexity index is 631. The van der Waals surface area contributed by atoms with Gasteiger partial charge in [-0.1, -0.05) is 25.5 Å². The monoisotopic (exact) mass is 314 g/mol. The van der Waals surface area contributed by atoms with Crippen molar-refractivity contribution >= 4 is 11.0 Å². The average molecular weight is 314 g/mol. The van der Waals surface area contributed by atoms with Crippen molar-refractivity contribution in [2.24, 2.45) is 5.73 Å². The summed E-state index contributed by atoms with van der Waals surface area (Å²) < 4.78 is 2.37. The molecule has 1 saturated heterocycles. The number of para-hydroxylation sites is 2. The number of fused-ring (bicyclic) bond motifs is 1. The molecule has 0 amide bonds. The van der Waals surface area contributed by atoms with Crippen LogP contribution in [0.25, 0.3) is 11.0 Å². The molecule has 2 atom stereocenters. The Morgan fingerprint density at radius 1 is 1.26 bits per heavy atom. The average Bonchev–Trinajstić information content (AvgIpc) is 2.95. The molecule has 4 nitrogen and oxygen atoms in total. The predicted molar refractivity (Wildman–Crippen MR) is 96.7 cm³/mol. The van der Waals surface area contributed by atoms with Crippen molar-refractivity contribution in [2.45, 2.75) is 58.0 Å². The largest absolute Gasteiger partial charge is 0.330 e. The molecule has 126 valence electrons. The third-order valence-electron chi connectivity index (χ3n) is 5.23. The molecule has 0 spiro atoms. The van der Waals surface area contributed by atoms with E-state index in [1.807, 2.05) is 0 Å². The van der Waals surface area contributed by atoms with Crippen LogP contribution in [0.1, 0.15) is 51.3 Å². The van der Waals surface area contributed by atoms with Gasteiger partial charge in [-0.15, -0.1) is 0 Å². The van der Waals surface area contributed by atoms with E-state index in [2.05, 4.69) is 47.6 Å². The summed E-state index contributed by atoms with van der Waals surface area (Å²) in [6, 6.07) is 8.99. The summed E-state index contributed by atoms with van der Waals surface area (Å²) >= 11 is 0. The van der Waals surface area contributed by atoms with E-state index in [1.165, 1.54) is 50.1 Å². The lowest BCUT2D eigenvalue weighted by molar-refractivity contribution is 0.123. The van der Waals surface area contributed by atoms with E-state index in [-0.39, 0.29) is 0 Å². The number of hydrogen-bond donors (Lipinski definition) is 1. The maximum absolute atomic E-state index is 6.26. The molecule has 1 aromatic carbocycles. The van der Waals surface area contributed by atoms with Gasteiger partial charge in [0.15, 0.2) is 0 Å². The van der Waals surface area contributed by atoms with Crippen LogP contribution < -0.4 is 5.73 Å². The standard InChI is InChI=1S/C19H30N4/c1-3-12-22-13-8-7-10-17(22)15(14-20)19-21-16-9-5-6-11-18(16)23(19)4-2/h5-6,9,11,15,17H,3-4,7-8,10,12-14,20H2,1-2H3. The van der Waals surface area contributed by atoms with Crippen molar-refractivity contribution in [3.05, 3.63) is 30.1 Å². The number of imidazole rings is 1. The summed E-state index contributed by atoms with van der Waals surface area (Å²) in [5.74, 6) is 1.51. The van der Waals surface area contributed by atoms with Gasteiger partial charge in [0.1, 0.15) is 5.82 Å². The fraction of sp³-hybridized carbons (Fsp3) is 0.632. The topological polar surface area (TPSA) is 47.1 Å². The Morgan fingerprint density at radius 2 is 2.09 bits per heavy atom. The summed E-state index contributed by atoms with van der Waals surface area (Å²) in [6.45, 7) is 8.48. The first-order valence-electron chi connectivity index (χ1n) is 9.19. The van der Waals surface area contributed by atoms with E-state index < -0.39 is 0 Å². The van der Waals surface area contributed by atoms with Crippen LogP contribution in [0.4, 0.5) is 0 Å². The molecule has 2 unspecified atom stereocenters. The quantitative estimate of drug-likeness (QED) is 0.889. The van der Waals surface area contributed by atoms with Crippen LogP contribution in [0.5, 0.6) is 0 Å². The molecule has 1 fully saturated rings. The molecule has 23 heavy (non-hydrogen) atoms. The van der Waals surface area contributed by atoms with Crippen LogP contribution in [-0.4, -0.2) is 40.1 Å². The van der Waals surface area contributed by atoms with Crippen LogP contribution >= 0.6 is 0 Å². The molecule has 2 N–H and O–H groups in total. The number of likely N-dealkylation sites (tertiary alicyclic amines) is 1. The minimum Gasteiger partial charge on any atom is -0.330 e. The van der Waals surface area contributed by atoms with Gasteiger partial charge in [0.05, 0.1) is 11.0 Å². The van der Waals surface area contributed by atoms with Gasteiger partial charge in [0.25, 0.3) is 0 Å². The first kappa shape index (κ1) is 16.5. The number of aryl methyl sites for hydroxylation is 1. The molecule has 0 saturated carbocycles. The minimum atomic E-state index is 0.328. The molecule has 1 aliphatic heterocycles. The molecule has 3 rings (SSSR count). The molecule has 4 heteroatoms. The summed E-state index contributed by atoms with van der Waals surface area (Å²) in [5, 5.41) is 0. The van der Waals surface area contributed by atoms with Crippen LogP contribution in [0.2, 0.25) is 0 Å². The SMILES string of the molecule is CCCN1CCCCC1C(CN)c1nc2ccccc2n1CC. The van der Waals surface area contributed by atoms with E-state index >= 15 is 0 Å². The minimum absolute atomic E-state index is 0.328. The second kappa shape index (κ2) is 7.45. The van der Waals surface area contributed by atoms with Crippen LogP contribution in [0.15, 0.2) is 24.3 Å². The van der Waals surface area contributed by atoms with Crippen molar-refractivity contribution in [2.75, 3.05) is 19.6 Å². The molecule has 1 aliphatic rings. The highest BCUT2D eigenvalue weighted by atomic mass is 15.2. The Labute approximate surface area is 139 Å². The molecule has 0 bridgehead atoms. The van der Waals surface area contributed by atoms with E-state index in [9.17, 15) is 0 Å². The van der Waals surface area contributed by atoms with Gasteiger partial charge in [-0.2, -0.15) is 0 Å². The van der Waals surface area contributed by atoms with Gasteiger partial charge in [0, 0.05) is 25.0 Å². The van der Waals surface area contributed by atoms with Crippen molar-refractivity contribution in [3.8, 4) is 0 Å². The highest BCUT2D eigenvalue weighted by Gasteiger charge is 2.32. The van der Waals surface area contributed by atoms with Gasteiger partial charge in [-0.05, 0) is 51.4 Å². The van der Waals surface area contributed by atoms with E-state index in [4.69, 9.17) is 10.7 Å². The molecule has 2 aromatic rings. The lowest BCUT2D eigenvalue weighted by Gasteiger charge is -2.40. The smallest absolute Gasteiger partial charge is 0.115 e. The maximum atomic E-state index is 6.26. The first-order chi connectivity index (χ1) is 11.3. The number of rotatable bonds is 6.